The minimum atomic E-state index is -1.15. The molecule has 0 spiro atoms. The van der Waals surface area contributed by atoms with Crippen molar-refractivity contribution in [1.29, 1.82) is 0 Å². The molecule has 9 nitrogen and oxygen atoms in total. The molecular formula is C19H18N2O7. The second-order valence-electron chi connectivity index (χ2n) is 5.81. The minimum Gasteiger partial charge on any atom is -0.490 e. The summed E-state index contributed by atoms with van der Waals surface area (Å²) in [7, 11) is 1.27. The molecule has 2 rings (SSSR count). The minimum absolute atomic E-state index is 0.00125. The maximum atomic E-state index is 12.2. The number of esters is 1. The molecule has 0 aliphatic heterocycles. The van der Waals surface area contributed by atoms with E-state index >= 15 is 0 Å². The molecule has 0 unspecified atom stereocenters. The number of ketones is 1. The first-order valence-electron chi connectivity index (χ1n) is 8.18. The van der Waals surface area contributed by atoms with Crippen LogP contribution in [0.3, 0.4) is 0 Å². The molecule has 0 saturated carbocycles. The number of anilines is 1. The number of hydrogen-bond donors (Lipinski definition) is 1. The smallest absolute Gasteiger partial charge is 0.339 e. The van der Waals surface area contributed by atoms with E-state index in [1.54, 1.807) is 24.3 Å². The van der Waals surface area contributed by atoms with Crippen LogP contribution in [-0.2, 0) is 9.53 Å². The van der Waals surface area contributed by atoms with E-state index in [4.69, 9.17) is 9.47 Å². The molecular weight excluding hydrogens is 368 g/mol. The van der Waals surface area contributed by atoms with Gasteiger partial charge in [0.2, 0.25) is 0 Å². The lowest BCUT2D eigenvalue weighted by Crippen LogP contribution is -2.30. The van der Waals surface area contributed by atoms with E-state index in [2.05, 4.69) is 5.32 Å². The van der Waals surface area contributed by atoms with Crippen LogP contribution in [0.1, 0.15) is 34.6 Å². The fourth-order valence-electron chi connectivity index (χ4n) is 2.27. The number of nitrogens with zero attached hydrogens (tertiary/aromatic N) is 1. The number of carbonyl (C=O) groups excluding carboxylic acids is 3. The molecule has 0 aromatic heterocycles. The molecule has 2 aromatic carbocycles. The Hall–Kier alpha value is -3.75. The van der Waals surface area contributed by atoms with Gasteiger partial charge in [-0.1, -0.05) is 0 Å². The Morgan fingerprint density at radius 1 is 1.07 bits per heavy atom. The van der Waals surface area contributed by atoms with Gasteiger partial charge in [0.1, 0.15) is 0 Å². The average Bonchev–Trinajstić information content (AvgIpc) is 2.67. The third kappa shape index (κ3) is 4.91. The maximum absolute atomic E-state index is 12.2. The summed E-state index contributed by atoms with van der Waals surface area (Å²) in [4.78, 5) is 46.0. The van der Waals surface area contributed by atoms with Crippen molar-refractivity contribution in [3.8, 4) is 5.75 Å². The molecule has 1 N–H and O–H groups in total. The summed E-state index contributed by atoms with van der Waals surface area (Å²) in [6.45, 7) is 2.80. The van der Waals surface area contributed by atoms with Gasteiger partial charge < -0.3 is 14.8 Å². The Bertz CT molecular complexity index is 922. The lowest BCUT2D eigenvalue weighted by atomic mass is 10.1. The van der Waals surface area contributed by atoms with Crippen LogP contribution in [0.4, 0.5) is 11.4 Å². The summed E-state index contributed by atoms with van der Waals surface area (Å²) in [5.41, 5.74) is 0.453. The molecule has 0 bridgehead atoms. The Morgan fingerprint density at radius 3 is 2.21 bits per heavy atom. The third-order valence-corrected chi connectivity index (χ3v) is 3.82. The fraction of sp³-hybridized carbons (Fsp3) is 0.211. The van der Waals surface area contributed by atoms with Gasteiger partial charge in [-0.25, -0.2) is 4.79 Å². The summed E-state index contributed by atoms with van der Waals surface area (Å²) in [5.74, 6) is -1.58. The Morgan fingerprint density at radius 2 is 1.68 bits per heavy atom. The van der Waals surface area contributed by atoms with Crippen molar-refractivity contribution in [1.82, 2.24) is 0 Å². The SMILES string of the molecule is COc1ccc(C(=O)O[C@@H](C)C(=O)Nc2ccc(C(C)=O)cc2)cc1[N+](=O)[O-]. The van der Waals surface area contributed by atoms with Gasteiger partial charge in [0.05, 0.1) is 17.6 Å². The highest BCUT2D eigenvalue weighted by atomic mass is 16.6. The number of nitro benzene ring substituents is 1. The van der Waals surface area contributed by atoms with Crippen molar-refractivity contribution in [2.24, 2.45) is 0 Å². The lowest BCUT2D eigenvalue weighted by Gasteiger charge is -2.14. The molecule has 0 heterocycles. The average molecular weight is 386 g/mol. The number of nitro groups is 1. The van der Waals surface area contributed by atoms with E-state index in [1.807, 2.05) is 0 Å². The van der Waals surface area contributed by atoms with Crippen molar-refractivity contribution in [2.45, 2.75) is 20.0 Å². The molecule has 0 saturated heterocycles. The summed E-state index contributed by atoms with van der Waals surface area (Å²) in [5, 5.41) is 13.6. The predicted octanol–water partition coefficient (Wildman–Crippen LogP) is 2.99. The van der Waals surface area contributed by atoms with Crippen LogP contribution in [0.15, 0.2) is 42.5 Å². The van der Waals surface area contributed by atoms with Crippen molar-refractivity contribution in [3.05, 3.63) is 63.7 Å². The van der Waals surface area contributed by atoms with Crippen molar-refractivity contribution in [3.63, 3.8) is 0 Å². The summed E-state index contributed by atoms with van der Waals surface area (Å²) >= 11 is 0. The van der Waals surface area contributed by atoms with Crippen molar-refractivity contribution in [2.75, 3.05) is 12.4 Å². The highest BCUT2D eigenvalue weighted by Gasteiger charge is 2.23. The van der Waals surface area contributed by atoms with Gasteiger partial charge in [0.15, 0.2) is 17.6 Å². The Kier molecular flexibility index (Phi) is 6.43. The van der Waals surface area contributed by atoms with Gasteiger partial charge in [0, 0.05) is 17.3 Å². The third-order valence-electron chi connectivity index (χ3n) is 3.82. The van der Waals surface area contributed by atoms with Crippen molar-refractivity contribution >= 4 is 29.0 Å². The van der Waals surface area contributed by atoms with E-state index in [0.29, 0.717) is 11.3 Å². The molecule has 146 valence electrons. The molecule has 9 heteroatoms. The van der Waals surface area contributed by atoms with Crippen LogP contribution in [0, 0.1) is 10.1 Å². The molecule has 1 atom stereocenters. The number of carbonyl (C=O) groups is 3. The monoisotopic (exact) mass is 386 g/mol. The van der Waals surface area contributed by atoms with Crippen LogP contribution in [0.2, 0.25) is 0 Å². The fourth-order valence-corrected chi connectivity index (χ4v) is 2.27. The topological polar surface area (TPSA) is 125 Å². The van der Waals surface area contributed by atoms with Crippen LogP contribution in [0.25, 0.3) is 0 Å². The molecule has 0 aliphatic rings. The van der Waals surface area contributed by atoms with Crippen LogP contribution >= 0.6 is 0 Å². The number of Topliss-reactive ketones (excluding diaryl/α,β-unsaturated/α-hetero) is 1. The largest absolute Gasteiger partial charge is 0.490 e. The zero-order valence-corrected chi connectivity index (χ0v) is 15.4. The van der Waals surface area contributed by atoms with E-state index in [9.17, 15) is 24.5 Å². The molecule has 0 aliphatic carbocycles. The van der Waals surface area contributed by atoms with E-state index in [-0.39, 0.29) is 22.8 Å². The first kappa shape index (κ1) is 20.6. The van der Waals surface area contributed by atoms with Gasteiger partial charge in [-0.05, 0) is 50.2 Å². The van der Waals surface area contributed by atoms with E-state index in [1.165, 1.54) is 33.1 Å². The van der Waals surface area contributed by atoms with E-state index in [0.717, 1.165) is 6.07 Å². The van der Waals surface area contributed by atoms with Gasteiger partial charge >= 0.3 is 11.7 Å². The summed E-state index contributed by atoms with van der Waals surface area (Å²) < 4.78 is 9.94. The first-order chi connectivity index (χ1) is 13.2. The normalized spacial score (nSPS) is 11.2. The lowest BCUT2D eigenvalue weighted by molar-refractivity contribution is -0.385. The number of hydrogen-bond acceptors (Lipinski definition) is 7. The molecule has 2 aromatic rings. The number of rotatable bonds is 7. The first-order valence-corrected chi connectivity index (χ1v) is 8.18. The predicted molar refractivity (Wildman–Crippen MR) is 99.6 cm³/mol. The highest BCUT2D eigenvalue weighted by molar-refractivity contribution is 5.98. The number of methoxy groups -OCH3 is 1. The number of benzene rings is 2. The van der Waals surface area contributed by atoms with E-state index < -0.39 is 22.9 Å². The summed E-state index contributed by atoms with van der Waals surface area (Å²) in [6.07, 6.45) is -1.15. The number of nitrogens with one attached hydrogen (secondary N) is 1. The standard InChI is InChI=1S/C19H18N2O7/c1-11(22)13-4-7-15(8-5-13)20-18(23)12(2)28-19(24)14-6-9-17(27-3)16(10-14)21(25)26/h4-10,12H,1-3H3,(H,20,23)/t12-/m0/s1. The number of amides is 1. The summed E-state index contributed by atoms with van der Waals surface area (Å²) in [6, 6.07) is 9.82. The van der Waals surface area contributed by atoms with Gasteiger partial charge in [-0.3, -0.25) is 19.7 Å². The van der Waals surface area contributed by atoms with Gasteiger partial charge in [-0.2, -0.15) is 0 Å². The Labute approximate surface area is 160 Å². The molecule has 0 radical (unpaired) electrons. The quantitative estimate of drug-likeness (QED) is 0.336. The zero-order chi connectivity index (χ0) is 20.8. The maximum Gasteiger partial charge on any atom is 0.339 e. The second kappa shape index (κ2) is 8.76. The van der Waals surface area contributed by atoms with Crippen LogP contribution < -0.4 is 10.1 Å². The molecule has 28 heavy (non-hydrogen) atoms. The zero-order valence-electron chi connectivity index (χ0n) is 15.4. The van der Waals surface area contributed by atoms with Gasteiger partial charge in [0.25, 0.3) is 5.91 Å². The number of ether oxygens (including phenoxy) is 2. The highest BCUT2D eigenvalue weighted by Crippen LogP contribution is 2.28. The van der Waals surface area contributed by atoms with Crippen LogP contribution in [0.5, 0.6) is 5.75 Å². The van der Waals surface area contributed by atoms with Gasteiger partial charge in [-0.15, -0.1) is 0 Å². The van der Waals surface area contributed by atoms with Crippen molar-refractivity contribution < 1.29 is 28.8 Å². The second-order valence-corrected chi connectivity index (χ2v) is 5.81. The molecule has 0 fully saturated rings. The Balaban J connectivity index is 2.05. The van der Waals surface area contributed by atoms with Crippen LogP contribution in [-0.4, -0.2) is 35.8 Å². The molecule has 1 amide bonds.